The van der Waals surface area contributed by atoms with E-state index in [1.807, 2.05) is 32.5 Å². The van der Waals surface area contributed by atoms with Crippen LogP contribution in [-0.2, 0) is 18.2 Å². The number of carbonyl (C=O) groups excluding carboxylic acids is 1. The highest BCUT2D eigenvalue weighted by Crippen LogP contribution is 2.18. The molecule has 2 heterocycles. The molecule has 0 unspecified atom stereocenters. The van der Waals surface area contributed by atoms with Crippen LogP contribution in [0.2, 0.25) is 0 Å². The summed E-state index contributed by atoms with van der Waals surface area (Å²) in [5, 5.41) is 8.14. The van der Waals surface area contributed by atoms with Gasteiger partial charge in [-0.05, 0) is 59.9 Å². The predicted octanol–water partition coefficient (Wildman–Crippen LogP) is 2.57. The minimum Gasteiger partial charge on any atom is -0.444 e. The summed E-state index contributed by atoms with van der Waals surface area (Å²) in [6.07, 6.45) is 1.71. The Morgan fingerprint density at radius 2 is 2.08 bits per heavy atom. The lowest BCUT2D eigenvalue weighted by Gasteiger charge is -2.25. The molecule has 2 atom stereocenters. The number of amides is 1. The Morgan fingerprint density at radius 1 is 1.42 bits per heavy atom. The Balaban J connectivity index is 1.85. The first-order valence-electron chi connectivity index (χ1n) is 8.80. The number of aryl methyl sites for hydroxylation is 2. The van der Waals surface area contributed by atoms with Crippen molar-refractivity contribution in [3.8, 4) is 0 Å². The summed E-state index contributed by atoms with van der Waals surface area (Å²) in [4.78, 5) is 13.9. The number of aromatic nitrogens is 2. The molecule has 136 valence electrons. The molecule has 24 heavy (non-hydrogen) atoms. The maximum Gasteiger partial charge on any atom is 0.410 e. The van der Waals surface area contributed by atoms with Gasteiger partial charge in [-0.2, -0.15) is 5.10 Å². The fourth-order valence-electron chi connectivity index (χ4n) is 3.27. The topological polar surface area (TPSA) is 59.4 Å². The third-order valence-corrected chi connectivity index (χ3v) is 4.53. The minimum atomic E-state index is -0.439. The van der Waals surface area contributed by atoms with Gasteiger partial charge in [-0.1, -0.05) is 0 Å². The third-order valence-electron chi connectivity index (χ3n) is 4.53. The van der Waals surface area contributed by atoms with E-state index in [1.165, 1.54) is 11.3 Å². The summed E-state index contributed by atoms with van der Waals surface area (Å²) in [7, 11) is 1.99. The van der Waals surface area contributed by atoms with E-state index in [4.69, 9.17) is 4.74 Å². The summed E-state index contributed by atoms with van der Waals surface area (Å²) in [5.41, 5.74) is 3.21. The molecule has 0 spiro atoms. The van der Waals surface area contributed by atoms with Crippen LogP contribution in [0.4, 0.5) is 4.79 Å². The van der Waals surface area contributed by atoms with Gasteiger partial charge in [0.15, 0.2) is 0 Å². The molecule has 0 bridgehead atoms. The van der Waals surface area contributed by atoms with Crippen molar-refractivity contribution in [1.82, 2.24) is 20.0 Å². The number of ether oxygens (including phenoxy) is 1. The first kappa shape index (κ1) is 18.8. The number of nitrogens with one attached hydrogen (secondary N) is 1. The van der Waals surface area contributed by atoms with Crippen LogP contribution >= 0.6 is 0 Å². The number of hydrogen-bond donors (Lipinski definition) is 1. The monoisotopic (exact) mass is 336 g/mol. The number of hydrogen-bond acceptors (Lipinski definition) is 4. The molecule has 1 saturated heterocycles. The third kappa shape index (κ3) is 4.72. The molecule has 2 rings (SSSR count). The van der Waals surface area contributed by atoms with Crippen molar-refractivity contribution >= 4 is 6.09 Å². The van der Waals surface area contributed by atoms with Gasteiger partial charge in [0.05, 0.1) is 5.69 Å². The van der Waals surface area contributed by atoms with Crippen LogP contribution in [0.3, 0.4) is 0 Å². The standard InChI is InChI=1S/C18H32N4O2/c1-12(10-16-13(2)20-21(7)14(16)3)19-15-8-9-22(11-15)17(23)24-18(4,5)6/h12,15,19H,8-11H2,1-7H3/t12-,15+/m0/s1. The molecule has 6 heteroatoms. The average molecular weight is 336 g/mol. The number of nitrogens with zero attached hydrogens (tertiary/aromatic N) is 3. The summed E-state index contributed by atoms with van der Waals surface area (Å²) in [5.74, 6) is 0. The molecule has 1 aromatic heterocycles. The highest BCUT2D eigenvalue weighted by Gasteiger charge is 2.30. The summed E-state index contributed by atoms with van der Waals surface area (Å²) in [6, 6.07) is 0.667. The molecule has 1 N–H and O–H groups in total. The van der Waals surface area contributed by atoms with Crippen LogP contribution in [-0.4, -0.2) is 51.5 Å². The molecule has 1 aliphatic heterocycles. The van der Waals surface area contributed by atoms with Gasteiger partial charge in [-0.25, -0.2) is 4.79 Å². The minimum absolute atomic E-state index is 0.210. The fourth-order valence-corrected chi connectivity index (χ4v) is 3.27. The lowest BCUT2D eigenvalue weighted by atomic mass is 10.0. The van der Waals surface area contributed by atoms with Crippen molar-refractivity contribution in [2.75, 3.05) is 13.1 Å². The normalized spacial score (nSPS) is 19.6. The van der Waals surface area contributed by atoms with Gasteiger partial charge in [-0.3, -0.25) is 4.68 Å². The lowest BCUT2D eigenvalue weighted by Crippen LogP contribution is -2.41. The second kappa shape index (κ2) is 7.13. The first-order valence-corrected chi connectivity index (χ1v) is 8.80. The SMILES string of the molecule is Cc1nn(C)c(C)c1C[C@H](C)N[C@@H]1CCN(C(=O)OC(C)(C)C)C1. The Hall–Kier alpha value is -1.56. The molecule has 1 aliphatic rings. The zero-order valence-corrected chi connectivity index (χ0v) is 16.1. The Kier molecular flexibility index (Phi) is 5.58. The predicted molar refractivity (Wildman–Crippen MR) is 95.2 cm³/mol. The second-order valence-electron chi connectivity index (χ2n) is 7.96. The maximum atomic E-state index is 12.1. The molecule has 0 aromatic carbocycles. The zero-order valence-electron chi connectivity index (χ0n) is 16.1. The van der Waals surface area contributed by atoms with Crippen LogP contribution in [0.1, 0.15) is 51.1 Å². The lowest BCUT2D eigenvalue weighted by molar-refractivity contribution is 0.0290. The number of likely N-dealkylation sites (tertiary alicyclic amines) is 1. The van der Waals surface area contributed by atoms with Crippen molar-refractivity contribution in [3.05, 3.63) is 17.0 Å². The van der Waals surface area contributed by atoms with Crippen LogP contribution < -0.4 is 5.32 Å². The van der Waals surface area contributed by atoms with E-state index in [0.717, 1.165) is 25.1 Å². The van der Waals surface area contributed by atoms with Crippen molar-refractivity contribution < 1.29 is 9.53 Å². The summed E-state index contributed by atoms with van der Waals surface area (Å²) >= 11 is 0. The molecule has 6 nitrogen and oxygen atoms in total. The van der Waals surface area contributed by atoms with Gasteiger partial charge in [0.2, 0.25) is 0 Å². The van der Waals surface area contributed by atoms with E-state index in [0.29, 0.717) is 18.6 Å². The van der Waals surface area contributed by atoms with Crippen molar-refractivity contribution in [1.29, 1.82) is 0 Å². The largest absolute Gasteiger partial charge is 0.444 e. The fraction of sp³-hybridized carbons (Fsp3) is 0.778. The van der Waals surface area contributed by atoms with Gasteiger partial charge >= 0.3 is 6.09 Å². The molecular formula is C18H32N4O2. The van der Waals surface area contributed by atoms with Crippen molar-refractivity contribution in [2.45, 2.75) is 72.1 Å². The quantitative estimate of drug-likeness (QED) is 0.918. The molecule has 0 saturated carbocycles. The molecule has 1 fully saturated rings. The van der Waals surface area contributed by atoms with E-state index in [1.54, 1.807) is 4.90 Å². The van der Waals surface area contributed by atoms with Crippen molar-refractivity contribution in [3.63, 3.8) is 0 Å². The van der Waals surface area contributed by atoms with Gasteiger partial charge in [0, 0.05) is 37.9 Å². The highest BCUT2D eigenvalue weighted by molar-refractivity contribution is 5.68. The van der Waals surface area contributed by atoms with Gasteiger partial charge in [0.1, 0.15) is 5.60 Å². The second-order valence-corrected chi connectivity index (χ2v) is 7.96. The van der Waals surface area contributed by atoms with E-state index < -0.39 is 5.60 Å². The van der Waals surface area contributed by atoms with E-state index in [9.17, 15) is 4.79 Å². The smallest absolute Gasteiger partial charge is 0.410 e. The summed E-state index contributed by atoms with van der Waals surface area (Å²) in [6.45, 7) is 13.5. The molecule has 1 aromatic rings. The molecule has 0 aliphatic carbocycles. The van der Waals surface area contributed by atoms with Crippen LogP contribution in [0.25, 0.3) is 0 Å². The maximum absolute atomic E-state index is 12.1. The van der Waals surface area contributed by atoms with Crippen LogP contribution in [0.15, 0.2) is 0 Å². The zero-order chi connectivity index (χ0) is 18.1. The van der Waals surface area contributed by atoms with Crippen LogP contribution in [0.5, 0.6) is 0 Å². The Labute approximate surface area is 145 Å². The first-order chi connectivity index (χ1) is 11.1. The van der Waals surface area contributed by atoms with Gasteiger partial charge < -0.3 is 15.0 Å². The molecular weight excluding hydrogens is 304 g/mol. The summed E-state index contributed by atoms with van der Waals surface area (Å²) < 4.78 is 7.39. The van der Waals surface area contributed by atoms with E-state index in [-0.39, 0.29) is 6.09 Å². The van der Waals surface area contributed by atoms with Gasteiger partial charge in [0.25, 0.3) is 0 Å². The highest BCUT2D eigenvalue weighted by atomic mass is 16.6. The molecule has 0 radical (unpaired) electrons. The van der Waals surface area contributed by atoms with E-state index >= 15 is 0 Å². The Morgan fingerprint density at radius 3 is 2.62 bits per heavy atom. The number of rotatable bonds is 4. The average Bonchev–Trinajstić information content (AvgIpc) is 2.98. The van der Waals surface area contributed by atoms with Crippen molar-refractivity contribution in [2.24, 2.45) is 7.05 Å². The van der Waals surface area contributed by atoms with Gasteiger partial charge in [-0.15, -0.1) is 0 Å². The number of carbonyl (C=O) groups is 1. The van der Waals surface area contributed by atoms with E-state index in [2.05, 4.69) is 31.2 Å². The Bertz CT molecular complexity index is 589. The van der Waals surface area contributed by atoms with Crippen LogP contribution in [0, 0.1) is 13.8 Å². The molecule has 1 amide bonds.